The van der Waals surface area contributed by atoms with Crippen LogP contribution in [0.15, 0.2) is 23.1 Å². The minimum absolute atomic E-state index is 0.191. The first-order valence-electron chi connectivity index (χ1n) is 6.50. The molecule has 0 spiro atoms. The molecule has 0 saturated heterocycles. The molecule has 110 valence electrons. The van der Waals surface area contributed by atoms with Gasteiger partial charge in [-0.05, 0) is 24.1 Å². The third-order valence-electron chi connectivity index (χ3n) is 3.72. The molecule has 1 aromatic carbocycles. The lowest BCUT2D eigenvalue weighted by Gasteiger charge is -2.18. The van der Waals surface area contributed by atoms with Gasteiger partial charge in [0.15, 0.2) is 15.5 Å². The Kier molecular flexibility index (Phi) is 2.91. The van der Waals surface area contributed by atoms with Gasteiger partial charge in [0, 0.05) is 18.2 Å². The first-order valence-corrected chi connectivity index (χ1v) is 8.15. The summed E-state index contributed by atoms with van der Waals surface area (Å²) in [4.78, 5) is 11.5. The quantitative estimate of drug-likeness (QED) is 0.911. The average Bonchev–Trinajstić information content (AvgIpc) is 2.74. The fourth-order valence-electron chi connectivity index (χ4n) is 2.73. The van der Waals surface area contributed by atoms with Gasteiger partial charge in [0.05, 0.1) is 16.3 Å². The van der Waals surface area contributed by atoms with E-state index in [2.05, 4.69) is 5.10 Å². The number of nitrogens with zero attached hydrogens (tertiary/aromatic N) is 2. The second-order valence-electron chi connectivity index (χ2n) is 5.05. The second-order valence-corrected chi connectivity index (χ2v) is 7.01. The number of hydrogen-bond donors (Lipinski definition) is 1. The van der Waals surface area contributed by atoms with Crippen molar-refractivity contribution >= 4 is 15.8 Å². The summed E-state index contributed by atoms with van der Waals surface area (Å²) >= 11 is 0. The lowest BCUT2D eigenvalue weighted by atomic mass is 10.0. The molecule has 0 amide bonds. The highest BCUT2D eigenvalue weighted by Gasteiger charge is 2.34. The van der Waals surface area contributed by atoms with Gasteiger partial charge in [0.1, 0.15) is 0 Å². The van der Waals surface area contributed by atoms with Crippen molar-refractivity contribution in [2.45, 2.75) is 24.0 Å². The molecule has 3 rings (SSSR count). The predicted octanol–water partition coefficient (Wildman–Crippen LogP) is 1.64. The number of carbonyl (C=O) groups is 1. The molecule has 1 N–H and O–H groups in total. The Morgan fingerprint density at radius 3 is 2.76 bits per heavy atom. The van der Waals surface area contributed by atoms with E-state index in [0.29, 0.717) is 11.3 Å². The summed E-state index contributed by atoms with van der Waals surface area (Å²) in [5.74, 6) is -1.53. The topological polar surface area (TPSA) is 89.3 Å². The summed E-state index contributed by atoms with van der Waals surface area (Å²) in [6.07, 6.45) is 0.770. The van der Waals surface area contributed by atoms with Gasteiger partial charge >= 0.3 is 5.97 Å². The number of aryl methyl sites for hydroxylation is 2. The van der Waals surface area contributed by atoms with Crippen molar-refractivity contribution in [3.8, 4) is 11.3 Å². The summed E-state index contributed by atoms with van der Waals surface area (Å²) in [5, 5.41) is 13.2. The van der Waals surface area contributed by atoms with Crippen molar-refractivity contribution in [2.24, 2.45) is 7.05 Å². The number of benzene rings is 1. The van der Waals surface area contributed by atoms with Crippen LogP contribution < -0.4 is 0 Å². The largest absolute Gasteiger partial charge is 0.476 e. The number of aromatic nitrogens is 2. The van der Waals surface area contributed by atoms with Crippen molar-refractivity contribution in [1.29, 1.82) is 0 Å². The molecule has 6 nitrogen and oxygen atoms in total. The molecular weight excluding hydrogens is 292 g/mol. The van der Waals surface area contributed by atoms with Crippen LogP contribution in [0.25, 0.3) is 11.3 Å². The highest BCUT2D eigenvalue weighted by Crippen LogP contribution is 2.39. The van der Waals surface area contributed by atoms with Crippen molar-refractivity contribution in [1.82, 2.24) is 9.78 Å². The smallest absolute Gasteiger partial charge is 0.356 e. The van der Waals surface area contributed by atoms with Crippen LogP contribution in [-0.4, -0.2) is 29.3 Å². The number of hydrogen-bond acceptors (Lipinski definition) is 4. The molecule has 0 fully saturated rings. The van der Waals surface area contributed by atoms with Gasteiger partial charge in [-0.3, -0.25) is 4.68 Å². The Bertz CT molecular complexity index is 865. The molecule has 0 atom stereocenters. The van der Waals surface area contributed by atoms with Crippen molar-refractivity contribution < 1.29 is 18.3 Å². The normalized spacial score (nSPS) is 15.3. The number of aromatic carboxylic acids is 1. The van der Waals surface area contributed by atoms with E-state index >= 15 is 0 Å². The zero-order valence-corrected chi connectivity index (χ0v) is 12.4. The first kappa shape index (κ1) is 13.8. The van der Waals surface area contributed by atoms with E-state index in [1.807, 2.05) is 6.92 Å². The fraction of sp³-hybridized carbons (Fsp3) is 0.286. The van der Waals surface area contributed by atoms with Gasteiger partial charge in [-0.2, -0.15) is 5.10 Å². The molecule has 1 aliphatic rings. The number of rotatable bonds is 2. The Labute approximate surface area is 121 Å². The summed E-state index contributed by atoms with van der Waals surface area (Å²) < 4.78 is 26.2. The highest BCUT2D eigenvalue weighted by atomic mass is 32.2. The van der Waals surface area contributed by atoms with E-state index in [0.717, 1.165) is 12.0 Å². The Morgan fingerprint density at radius 1 is 1.43 bits per heavy atom. The first-order chi connectivity index (χ1) is 9.85. The minimum atomic E-state index is -3.54. The Morgan fingerprint density at radius 2 is 2.14 bits per heavy atom. The molecule has 2 heterocycles. The SMILES string of the molecule is CCc1ccc2c(c1)-c1c(c(C(=O)O)nn1C)CS2(=O)=O. The number of fused-ring (bicyclic) bond motifs is 3. The van der Waals surface area contributed by atoms with Gasteiger partial charge in [-0.1, -0.05) is 13.0 Å². The van der Waals surface area contributed by atoms with Crippen LogP contribution >= 0.6 is 0 Å². The molecule has 2 aromatic rings. The number of sulfone groups is 1. The molecule has 0 unspecified atom stereocenters. The summed E-state index contributed by atoms with van der Waals surface area (Å²) in [6.45, 7) is 1.98. The van der Waals surface area contributed by atoms with Crippen molar-refractivity contribution in [2.75, 3.05) is 0 Å². The van der Waals surface area contributed by atoms with Gasteiger partial charge in [0.25, 0.3) is 0 Å². The average molecular weight is 306 g/mol. The molecular formula is C14H14N2O4S. The lowest BCUT2D eigenvalue weighted by Crippen LogP contribution is -2.15. The summed E-state index contributed by atoms with van der Waals surface area (Å²) in [6, 6.07) is 5.19. The fourth-order valence-corrected chi connectivity index (χ4v) is 4.31. The van der Waals surface area contributed by atoms with Gasteiger partial charge in [0.2, 0.25) is 0 Å². The van der Waals surface area contributed by atoms with Crippen LogP contribution in [0.3, 0.4) is 0 Å². The monoisotopic (exact) mass is 306 g/mol. The van der Waals surface area contributed by atoms with Crippen molar-refractivity contribution in [3.63, 3.8) is 0 Å². The Balaban J connectivity index is 2.40. The maximum atomic E-state index is 12.4. The molecule has 0 bridgehead atoms. The van der Waals surface area contributed by atoms with Gasteiger partial charge < -0.3 is 5.11 Å². The highest BCUT2D eigenvalue weighted by molar-refractivity contribution is 7.90. The minimum Gasteiger partial charge on any atom is -0.476 e. The number of carboxylic acids is 1. The molecule has 0 radical (unpaired) electrons. The third kappa shape index (κ3) is 1.96. The predicted molar refractivity (Wildman–Crippen MR) is 75.9 cm³/mol. The van der Waals surface area contributed by atoms with E-state index in [1.165, 1.54) is 4.68 Å². The molecule has 0 aliphatic carbocycles. The van der Waals surface area contributed by atoms with Crippen LogP contribution in [0.5, 0.6) is 0 Å². The van der Waals surface area contributed by atoms with Gasteiger partial charge in [-0.15, -0.1) is 0 Å². The van der Waals surface area contributed by atoms with Crippen LogP contribution in [0.2, 0.25) is 0 Å². The van der Waals surface area contributed by atoms with E-state index in [9.17, 15) is 18.3 Å². The van der Waals surface area contributed by atoms with Crippen LogP contribution in [-0.2, 0) is 29.1 Å². The second kappa shape index (κ2) is 4.42. The third-order valence-corrected chi connectivity index (χ3v) is 5.42. The van der Waals surface area contributed by atoms with Crippen LogP contribution in [0.4, 0.5) is 0 Å². The van der Waals surface area contributed by atoms with E-state index in [1.54, 1.807) is 25.2 Å². The molecule has 7 heteroatoms. The number of carboxylic acid groups (broad SMARTS) is 1. The van der Waals surface area contributed by atoms with Crippen molar-refractivity contribution in [3.05, 3.63) is 35.0 Å². The maximum absolute atomic E-state index is 12.4. The van der Waals surface area contributed by atoms with E-state index in [4.69, 9.17) is 0 Å². The van der Waals surface area contributed by atoms with E-state index < -0.39 is 15.8 Å². The summed E-state index contributed by atoms with van der Waals surface area (Å²) in [5.41, 5.74) is 2.19. The molecule has 1 aliphatic heterocycles. The Hall–Kier alpha value is -2.15. The standard InChI is InChI=1S/C14H14N2O4S/c1-3-8-4-5-11-9(6-8)13-10(7-21(11,19)20)12(14(17)18)15-16(13)2/h4-6H,3,7H2,1-2H3,(H,17,18). The molecule has 0 saturated carbocycles. The van der Waals surface area contributed by atoms with Crippen LogP contribution in [0, 0.1) is 0 Å². The zero-order valence-electron chi connectivity index (χ0n) is 11.6. The summed E-state index contributed by atoms with van der Waals surface area (Å²) in [7, 11) is -1.91. The zero-order chi connectivity index (χ0) is 15.4. The van der Waals surface area contributed by atoms with Gasteiger partial charge in [-0.25, -0.2) is 13.2 Å². The molecule has 1 aromatic heterocycles. The van der Waals surface area contributed by atoms with E-state index in [-0.39, 0.29) is 21.9 Å². The van der Waals surface area contributed by atoms with Crippen LogP contribution in [0.1, 0.15) is 28.5 Å². The lowest BCUT2D eigenvalue weighted by molar-refractivity contribution is 0.0689. The molecule has 21 heavy (non-hydrogen) atoms. The maximum Gasteiger partial charge on any atom is 0.356 e.